The Morgan fingerprint density at radius 1 is 1.40 bits per heavy atom. The second-order valence-corrected chi connectivity index (χ2v) is 4.53. The number of hydrogen-bond acceptors (Lipinski definition) is 6. The van der Waals surface area contributed by atoms with E-state index in [9.17, 15) is 4.79 Å². The molecule has 0 atom stereocenters. The highest BCUT2D eigenvalue weighted by atomic mass is 16.2. The molecule has 8 heteroatoms. The zero-order valence-electron chi connectivity index (χ0n) is 11.6. The fraction of sp³-hybridized carbons (Fsp3) is 0.333. The van der Waals surface area contributed by atoms with Crippen LogP contribution in [0, 0.1) is 13.8 Å². The number of nitrogen functional groups attached to an aromatic ring is 1. The number of aromatic amines is 1. The highest BCUT2D eigenvalue weighted by Crippen LogP contribution is 2.12. The molecule has 106 valence electrons. The Balaban J connectivity index is 2.15. The van der Waals surface area contributed by atoms with E-state index in [1.54, 1.807) is 26.1 Å². The SMILES string of the molecule is Cc1cc(C(=O)N(C)Cc2n[nH]c(C)n2)cc(NN)n1. The molecule has 0 fully saturated rings. The summed E-state index contributed by atoms with van der Waals surface area (Å²) < 4.78 is 0. The van der Waals surface area contributed by atoms with Crippen molar-refractivity contribution in [3.63, 3.8) is 0 Å². The molecule has 2 rings (SSSR count). The number of nitrogens with one attached hydrogen (secondary N) is 2. The van der Waals surface area contributed by atoms with Crippen molar-refractivity contribution in [2.24, 2.45) is 5.84 Å². The van der Waals surface area contributed by atoms with Crippen molar-refractivity contribution in [1.29, 1.82) is 0 Å². The summed E-state index contributed by atoms with van der Waals surface area (Å²) >= 11 is 0. The molecule has 0 spiro atoms. The quantitative estimate of drug-likeness (QED) is 0.549. The van der Waals surface area contributed by atoms with E-state index in [4.69, 9.17) is 5.84 Å². The minimum Gasteiger partial charge on any atom is -0.334 e. The lowest BCUT2D eigenvalue weighted by Gasteiger charge is -2.16. The van der Waals surface area contributed by atoms with Crippen LogP contribution in [-0.4, -0.2) is 38.0 Å². The van der Waals surface area contributed by atoms with Crippen LogP contribution < -0.4 is 11.3 Å². The number of carbonyl (C=O) groups excluding carboxylic acids is 1. The number of pyridine rings is 1. The van der Waals surface area contributed by atoms with Gasteiger partial charge in [-0.15, -0.1) is 0 Å². The third-order valence-electron chi connectivity index (χ3n) is 2.72. The Morgan fingerprint density at radius 3 is 2.75 bits per heavy atom. The fourth-order valence-corrected chi connectivity index (χ4v) is 1.83. The molecule has 4 N–H and O–H groups in total. The van der Waals surface area contributed by atoms with Crippen LogP contribution in [0.25, 0.3) is 0 Å². The van der Waals surface area contributed by atoms with Gasteiger partial charge in [0.25, 0.3) is 5.91 Å². The van der Waals surface area contributed by atoms with Crippen molar-refractivity contribution >= 4 is 11.7 Å². The summed E-state index contributed by atoms with van der Waals surface area (Å²) in [6.07, 6.45) is 0. The molecule has 0 aliphatic carbocycles. The molecule has 0 aromatic carbocycles. The maximum atomic E-state index is 12.3. The van der Waals surface area contributed by atoms with Gasteiger partial charge in [0.1, 0.15) is 11.6 Å². The number of aromatic nitrogens is 4. The van der Waals surface area contributed by atoms with E-state index in [1.807, 2.05) is 6.92 Å². The Morgan fingerprint density at radius 2 is 2.15 bits per heavy atom. The van der Waals surface area contributed by atoms with Crippen LogP contribution in [0.15, 0.2) is 12.1 Å². The van der Waals surface area contributed by atoms with E-state index >= 15 is 0 Å². The van der Waals surface area contributed by atoms with E-state index in [0.717, 1.165) is 5.82 Å². The molecule has 1 amide bonds. The van der Waals surface area contributed by atoms with E-state index < -0.39 is 0 Å². The van der Waals surface area contributed by atoms with Gasteiger partial charge < -0.3 is 10.3 Å². The zero-order chi connectivity index (χ0) is 14.7. The average Bonchev–Trinajstić information content (AvgIpc) is 2.82. The number of rotatable bonds is 4. The van der Waals surface area contributed by atoms with Crippen molar-refractivity contribution in [2.45, 2.75) is 20.4 Å². The van der Waals surface area contributed by atoms with Crippen molar-refractivity contribution < 1.29 is 4.79 Å². The molecule has 8 nitrogen and oxygen atoms in total. The minimum absolute atomic E-state index is 0.144. The summed E-state index contributed by atoms with van der Waals surface area (Å²) in [5.74, 6) is 6.93. The third-order valence-corrected chi connectivity index (χ3v) is 2.72. The molecule has 0 saturated carbocycles. The average molecular weight is 275 g/mol. The van der Waals surface area contributed by atoms with Gasteiger partial charge in [-0.05, 0) is 26.0 Å². The van der Waals surface area contributed by atoms with Crippen LogP contribution in [0.5, 0.6) is 0 Å². The molecular weight excluding hydrogens is 258 g/mol. The van der Waals surface area contributed by atoms with Crippen LogP contribution >= 0.6 is 0 Å². The summed E-state index contributed by atoms with van der Waals surface area (Å²) in [5.41, 5.74) is 3.67. The van der Waals surface area contributed by atoms with Gasteiger partial charge >= 0.3 is 0 Å². The van der Waals surface area contributed by atoms with Crippen molar-refractivity contribution in [2.75, 3.05) is 12.5 Å². The lowest BCUT2D eigenvalue weighted by Crippen LogP contribution is -2.27. The first-order chi connectivity index (χ1) is 9.49. The molecule has 0 aliphatic rings. The number of hydrogen-bond donors (Lipinski definition) is 3. The molecule has 0 unspecified atom stereocenters. The Kier molecular flexibility index (Phi) is 3.94. The van der Waals surface area contributed by atoms with Gasteiger partial charge in [0.15, 0.2) is 5.82 Å². The molecule has 2 aromatic rings. The van der Waals surface area contributed by atoms with Gasteiger partial charge in [-0.3, -0.25) is 9.89 Å². The van der Waals surface area contributed by atoms with Crippen LogP contribution in [0.3, 0.4) is 0 Å². The summed E-state index contributed by atoms with van der Waals surface area (Å²) in [4.78, 5) is 22.2. The molecule has 2 aromatic heterocycles. The molecule has 0 saturated heterocycles. The molecule has 20 heavy (non-hydrogen) atoms. The molecule has 0 bridgehead atoms. The molecule has 0 radical (unpaired) electrons. The Bertz CT molecular complexity index is 622. The van der Waals surface area contributed by atoms with Gasteiger partial charge in [-0.2, -0.15) is 5.10 Å². The monoisotopic (exact) mass is 275 g/mol. The minimum atomic E-state index is -0.144. The topological polar surface area (TPSA) is 113 Å². The summed E-state index contributed by atoms with van der Waals surface area (Å²) in [7, 11) is 1.69. The van der Waals surface area contributed by atoms with E-state index in [2.05, 4.69) is 25.6 Å². The van der Waals surface area contributed by atoms with Gasteiger partial charge in [-0.25, -0.2) is 15.8 Å². The standard InChI is InChI=1S/C12H17N7O/c1-7-4-9(5-10(14-7)16-13)12(20)19(3)6-11-15-8(2)17-18-11/h4-5H,6,13H2,1-3H3,(H,14,16)(H,15,17,18). The largest absolute Gasteiger partial charge is 0.334 e. The van der Waals surface area contributed by atoms with Crippen molar-refractivity contribution in [3.05, 3.63) is 35.0 Å². The lowest BCUT2D eigenvalue weighted by atomic mass is 10.2. The Labute approximate surface area is 116 Å². The number of amides is 1. The molecular formula is C12H17N7O. The highest BCUT2D eigenvalue weighted by Gasteiger charge is 2.15. The van der Waals surface area contributed by atoms with Gasteiger partial charge in [0, 0.05) is 18.3 Å². The normalized spacial score (nSPS) is 10.4. The number of nitrogens with two attached hydrogens (primary N) is 1. The molecule has 0 aliphatic heterocycles. The second kappa shape index (κ2) is 5.66. The summed E-state index contributed by atoms with van der Waals surface area (Å²) in [5, 5.41) is 6.75. The summed E-state index contributed by atoms with van der Waals surface area (Å²) in [6, 6.07) is 3.32. The van der Waals surface area contributed by atoms with Crippen LogP contribution in [0.2, 0.25) is 0 Å². The first kappa shape index (κ1) is 13.9. The number of nitrogens with zero attached hydrogens (tertiary/aromatic N) is 4. The van der Waals surface area contributed by atoms with Gasteiger partial charge in [0.05, 0.1) is 6.54 Å². The maximum absolute atomic E-state index is 12.3. The van der Waals surface area contributed by atoms with E-state index in [-0.39, 0.29) is 5.91 Å². The van der Waals surface area contributed by atoms with E-state index in [0.29, 0.717) is 29.4 Å². The van der Waals surface area contributed by atoms with Crippen molar-refractivity contribution in [3.8, 4) is 0 Å². The van der Waals surface area contributed by atoms with Crippen LogP contribution in [0.4, 0.5) is 5.82 Å². The van der Waals surface area contributed by atoms with Crippen LogP contribution in [-0.2, 0) is 6.54 Å². The Hall–Kier alpha value is -2.48. The number of carbonyl (C=O) groups is 1. The maximum Gasteiger partial charge on any atom is 0.254 e. The lowest BCUT2D eigenvalue weighted by molar-refractivity contribution is 0.0781. The number of hydrazine groups is 1. The van der Waals surface area contributed by atoms with Gasteiger partial charge in [-0.1, -0.05) is 0 Å². The van der Waals surface area contributed by atoms with Crippen LogP contribution in [0.1, 0.15) is 27.7 Å². The fourth-order valence-electron chi connectivity index (χ4n) is 1.83. The molecule has 2 heterocycles. The van der Waals surface area contributed by atoms with E-state index in [1.165, 1.54) is 4.90 Å². The van der Waals surface area contributed by atoms with Gasteiger partial charge in [0.2, 0.25) is 0 Å². The first-order valence-electron chi connectivity index (χ1n) is 6.08. The number of aryl methyl sites for hydroxylation is 2. The first-order valence-corrected chi connectivity index (χ1v) is 6.08. The number of anilines is 1. The predicted molar refractivity (Wildman–Crippen MR) is 73.7 cm³/mol. The smallest absolute Gasteiger partial charge is 0.254 e. The predicted octanol–water partition coefficient (Wildman–Crippen LogP) is 0.374. The van der Waals surface area contributed by atoms with Crippen molar-refractivity contribution in [1.82, 2.24) is 25.1 Å². The zero-order valence-corrected chi connectivity index (χ0v) is 11.6. The summed E-state index contributed by atoms with van der Waals surface area (Å²) in [6.45, 7) is 3.94. The third kappa shape index (κ3) is 3.09. The number of H-pyrrole nitrogens is 1. The highest BCUT2D eigenvalue weighted by molar-refractivity contribution is 5.94. The second-order valence-electron chi connectivity index (χ2n) is 4.53.